The monoisotopic (exact) mass is 695 g/mol. The number of hydrogen-bond acceptors (Lipinski definition) is 13. The summed E-state index contributed by atoms with van der Waals surface area (Å²) >= 11 is 0. The van der Waals surface area contributed by atoms with Gasteiger partial charge < -0.3 is 42.8 Å². The minimum absolute atomic E-state index is 0.114. The summed E-state index contributed by atoms with van der Waals surface area (Å²) in [5, 5.41) is 0. The summed E-state index contributed by atoms with van der Waals surface area (Å²) in [6.45, 7) is 13.1. The molecule has 1 aromatic carbocycles. The van der Waals surface area contributed by atoms with E-state index in [-0.39, 0.29) is 36.7 Å². The average Bonchev–Trinajstić information content (AvgIpc) is 3.11. The van der Waals surface area contributed by atoms with Gasteiger partial charge in [-0.05, 0) is 49.6 Å². The van der Waals surface area contributed by atoms with Gasteiger partial charge in [0.05, 0.1) is 111 Å². The predicted molar refractivity (Wildman–Crippen MR) is 184 cm³/mol. The van der Waals surface area contributed by atoms with Crippen molar-refractivity contribution in [2.45, 2.75) is 39.5 Å². The first kappa shape index (κ1) is 42.4. The summed E-state index contributed by atoms with van der Waals surface area (Å²) in [6.07, 6.45) is 3.05. The maximum atomic E-state index is 12.7. The predicted octanol–water partition coefficient (Wildman–Crippen LogP) is 1.90. The zero-order valence-corrected chi connectivity index (χ0v) is 29.4. The maximum absolute atomic E-state index is 12.7. The number of rotatable bonds is 32. The number of carbonyl (C=O) groups excluding carboxylic acids is 3. The van der Waals surface area contributed by atoms with Gasteiger partial charge in [0, 0.05) is 38.2 Å². The number of allylic oxidation sites excluding steroid dienone is 1. The van der Waals surface area contributed by atoms with E-state index in [0.29, 0.717) is 118 Å². The van der Waals surface area contributed by atoms with Gasteiger partial charge >= 0.3 is 0 Å². The fraction of sp³-hybridized carbons (Fsp3) is 0.686. The Hall–Kier alpha value is -2.79. The smallest absolute Gasteiger partial charge is 0.236 e. The Bertz CT molecular complexity index is 1100. The molecule has 0 heterocycles. The van der Waals surface area contributed by atoms with E-state index in [4.69, 9.17) is 43.7 Å². The molecule has 0 aromatic heterocycles. The van der Waals surface area contributed by atoms with Gasteiger partial charge in [0.2, 0.25) is 5.91 Å². The minimum atomic E-state index is -0.264. The minimum Gasteiger partial charge on any atom is -0.379 e. The van der Waals surface area contributed by atoms with Crippen molar-refractivity contribution in [3.63, 3.8) is 0 Å². The molecule has 0 atom stereocenters. The first-order valence-electron chi connectivity index (χ1n) is 17.3. The van der Waals surface area contributed by atoms with Crippen LogP contribution < -0.4 is 16.2 Å². The topological polar surface area (TPSA) is 166 Å². The van der Waals surface area contributed by atoms with Gasteiger partial charge in [0.1, 0.15) is 0 Å². The van der Waals surface area contributed by atoms with Gasteiger partial charge in [0.15, 0.2) is 11.6 Å². The van der Waals surface area contributed by atoms with Crippen molar-refractivity contribution < 1.29 is 52.3 Å². The van der Waals surface area contributed by atoms with E-state index in [1.54, 1.807) is 6.08 Å². The highest BCUT2D eigenvalue weighted by Gasteiger charge is 2.24. The van der Waals surface area contributed by atoms with Gasteiger partial charge in [-0.25, -0.2) is 5.84 Å². The fourth-order valence-corrected chi connectivity index (χ4v) is 4.76. The highest BCUT2D eigenvalue weighted by molar-refractivity contribution is 6.25. The lowest BCUT2D eigenvalue weighted by atomic mass is 9.88. The molecule has 1 aliphatic rings. The molecular weight excluding hydrogens is 638 g/mol. The van der Waals surface area contributed by atoms with Crippen molar-refractivity contribution in [3.05, 3.63) is 34.9 Å². The number of benzene rings is 1. The molecule has 0 aliphatic heterocycles. The number of nitrogens with two attached hydrogens (primary N) is 1. The summed E-state index contributed by atoms with van der Waals surface area (Å²) in [7, 11) is 0. The van der Waals surface area contributed by atoms with Crippen molar-refractivity contribution >= 4 is 29.2 Å². The number of amides is 1. The lowest BCUT2D eigenvalue weighted by Gasteiger charge is -2.23. The van der Waals surface area contributed by atoms with E-state index in [2.05, 4.69) is 30.9 Å². The van der Waals surface area contributed by atoms with Crippen molar-refractivity contribution in [2.24, 2.45) is 5.84 Å². The molecule has 0 saturated carbocycles. The fourth-order valence-electron chi connectivity index (χ4n) is 4.76. The van der Waals surface area contributed by atoms with Crippen LogP contribution in [-0.4, -0.2) is 136 Å². The molecule has 0 bridgehead atoms. The first-order valence-corrected chi connectivity index (χ1v) is 17.3. The quantitative estimate of drug-likeness (QED) is 0.0369. The summed E-state index contributed by atoms with van der Waals surface area (Å²) < 4.78 is 43.5. The number of Topliss-reactive ketones (excluding diaryl/α,β-unsaturated/α-hetero) is 2. The number of ketones is 2. The van der Waals surface area contributed by atoms with Crippen molar-refractivity contribution in [1.82, 2.24) is 5.43 Å². The zero-order chi connectivity index (χ0) is 35.4. The third-order valence-corrected chi connectivity index (χ3v) is 7.44. The van der Waals surface area contributed by atoms with Crippen LogP contribution in [0.5, 0.6) is 0 Å². The second kappa shape index (κ2) is 28.0. The molecule has 2 rings (SSSR count). The number of ether oxygens (including phenoxy) is 8. The van der Waals surface area contributed by atoms with E-state index >= 15 is 0 Å². The van der Waals surface area contributed by atoms with E-state index in [9.17, 15) is 14.4 Å². The highest BCUT2D eigenvalue weighted by atomic mass is 16.6. The Kier molecular flexibility index (Phi) is 24.2. The molecular formula is C35H57N3O11. The molecule has 14 heteroatoms. The van der Waals surface area contributed by atoms with Crippen LogP contribution in [0.25, 0.3) is 6.08 Å². The van der Waals surface area contributed by atoms with Gasteiger partial charge in [-0.1, -0.05) is 6.07 Å². The molecule has 1 aliphatic carbocycles. The second-order valence-corrected chi connectivity index (χ2v) is 11.0. The lowest BCUT2D eigenvalue weighted by molar-refractivity contribution is -0.123. The van der Waals surface area contributed by atoms with Crippen LogP contribution in [0, 0.1) is 0 Å². The number of nitrogens with one attached hydrogen (secondary N) is 1. The molecule has 0 unspecified atom stereocenters. The van der Waals surface area contributed by atoms with Gasteiger partial charge in [-0.3, -0.25) is 19.8 Å². The number of nitrogens with zero attached hydrogens (tertiary/aromatic N) is 1. The number of hydrogen-bond donors (Lipinski definition) is 2. The molecule has 3 N–H and O–H groups in total. The molecule has 49 heavy (non-hydrogen) atoms. The number of anilines is 1. The summed E-state index contributed by atoms with van der Waals surface area (Å²) in [5.41, 5.74) is 5.35. The average molecular weight is 696 g/mol. The van der Waals surface area contributed by atoms with Crippen LogP contribution in [0.3, 0.4) is 0 Å². The van der Waals surface area contributed by atoms with Crippen LogP contribution >= 0.6 is 0 Å². The highest BCUT2D eigenvalue weighted by Crippen LogP contribution is 2.27. The Balaban J connectivity index is 1.32. The lowest BCUT2D eigenvalue weighted by Crippen LogP contribution is -2.30. The van der Waals surface area contributed by atoms with Crippen LogP contribution in [0.15, 0.2) is 23.8 Å². The van der Waals surface area contributed by atoms with Crippen LogP contribution in [-0.2, 0) is 58.7 Å². The standard InChI is InChI=1S/C35H57N3O11/c1-3-38(4-2)31-8-7-29-27-32(34(40)28-30(29)26-31)33(39)6-5-10-42-12-14-44-16-18-46-20-22-48-24-25-49-23-21-47-19-17-45-15-13-43-11-9-35(41)37-36/h7-8,26-27H,3-6,9-25,28,36H2,1-2H3,(H,37,41). The van der Waals surface area contributed by atoms with E-state index in [1.807, 2.05) is 11.5 Å². The molecule has 0 radical (unpaired) electrons. The Labute approximate surface area is 290 Å². The summed E-state index contributed by atoms with van der Waals surface area (Å²) in [5.74, 6) is 4.47. The van der Waals surface area contributed by atoms with Crippen LogP contribution in [0.1, 0.15) is 44.2 Å². The normalized spacial score (nSPS) is 12.6. The molecule has 0 spiro atoms. The summed E-state index contributed by atoms with van der Waals surface area (Å²) in [6, 6.07) is 6.11. The molecule has 278 valence electrons. The first-order chi connectivity index (χ1) is 24.0. The SMILES string of the molecule is CCN(CC)c1ccc2c(c1)CC(=O)C(C(=O)CCCOCCOCCOCCOCCOCCOCCOCCOCCC(=O)NN)=C2. The number of fused-ring (bicyclic) bond motifs is 1. The largest absolute Gasteiger partial charge is 0.379 e. The molecule has 14 nitrogen and oxygen atoms in total. The Morgan fingerprint density at radius 2 is 1.12 bits per heavy atom. The summed E-state index contributed by atoms with van der Waals surface area (Å²) in [4.78, 5) is 38.6. The molecule has 1 amide bonds. The van der Waals surface area contributed by atoms with E-state index in [1.165, 1.54) is 0 Å². The third kappa shape index (κ3) is 19.3. The van der Waals surface area contributed by atoms with Gasteiger partial charge in [-0.2, -0.15) is 0 Å². The third-order valence-electron chi connectivity index (χ3n) is 7.44. The molecule has 1 aromatic rings. The van der Waals surface area contributed by atoms with Crippen LogP contribution in [0.2, 0.25) is 0 Å². The van der Waals surface area contributed by atoms with Gasteiger partial charge in [0.25, 0.3) is 0 Å². The maximum Gasteiger partial charge on any atom is 0.236 e. The van der Waals surface area contributed by atoms with Crippen molar-refractivity contribution in [3.8, 4) is 0 Å². The Morgan fingerprint density at radius 1 is 0.673 bits per heavy atom. The second-order valence-electron chi connectivity index (χ2n) is 11.0. The van der Waals surface area contributed by atoms with Gasteiger partial charge in [-0.15, -0.1) is 0 Å². The van der Waals surface area contributed by atoms with E-state index in [0.717, 1.165) is 29.9 Å². The number of carbonyl (C=O) groups is 3. The molecule has 0 saturated heterocycles. The van der Waals surface area contributed by atoms with Crippen LogP contribution in [0.4, 0.5) is 5.69 Å². The Morgan fingerprint density at radius 3 is 1.57 bits per heavy atom. The van der Waals surface area contributed by atoms with Crippen molar-refractivity contribution in [1.29, 1.82) is 0 Å². The van der Waals surface area contributed by atoms with E-state index < -0.39 is 0 Å². The van der Waals surface area contributed by atoms with Crippen molar-refractivity contribution in [2.75, 3.05) is 124 Å². The number of hydrazine groups is 1. The molecule has 0 fully saturated rings. The zero-order valence-electron chi connectivity index (χ0n) is 29.4.